The number of benzene rings is 3. The molecule has 0 radical (unpaired) electrons. The van der Waals surface area contributed by atoms with Gasteiger partial charge in [0.15, 0.2) is 0 Å². The van der Waals surface area contributed by atoms with Crippen LogP contribution in [0.5, 0.6) is 0 Å². The van der Waals surface area contributed by atoms with E-state index in [1.54, 1.807) is 0 Å². The standard InChI is InChI=1S/C24H22ClN3/c25-20-10-8-18(9-11-20)24-22-12-14-26-15-13-23(22)27-28(24)16-19-6-3-5-17-4-1-2-7-21(17)19/h1-11,26H,12-16H2. The summed E-state index contributed by atoms with van der Waals surface area (Å²) < 4.78 is 2.20. The van der Waals surface area contributed by atoms with Crippen LogP contribution in [0.4, 0.5) is 0 Å². The van der Waals surface area contributed by atoms with Gasteiger partial charge in [-0.3, -0.25) is 4.68 Å². The van der Waals surface area contributed by atoms with Gasteiger partial charge >= 0.3 is 0 Å². The lowest BCUT2D eigenvalue weighted by Crippen LogP contribution is -2.17. The molecule has 0 aliphatic carbocycles. The minimum Gasteiger partial charge on any atom is -0.316 e. The Morgan fingerprint density at radius 3 is 2.57 bits per heavy atom. The van der Waals surface area contributed by atoms with Gasteiger partial charge in [0, 0.05) is 29.1 Å². The Bertz CT molecular complexity index is 1120. The Morgan fingerprint density at radius 1 is 0.893 bits per heavy atom. The summed E-state index contributed by atoms with van der Waals surface area (Å²) in [6.07, 6.45) is 1.97. The minimum atomic E-state index is 0.761. The summed E-state index contributed by atoms with van der Waals surface area (Å²) in [7, 11) is 0. The van der Waals surface area contributed by atoms with Crippen LogP contribution in [0.2, 0.25) is 5.02 Å². The molecule has 0 amide bonds. The molecule has 0 unspecified atom stereocenters. The lowest BCUT2D eigenvalue weighted by Gasteiger charge is -2.12. The van der Waals surface area contributed by atoms with E-state index >= 15 is 0 Å². The van der Waals surface area contributed by atoms with Crippen molar-refractivity contribution in [1.82, 2.24) is 15.1 Å². The molecule has 4 aromatic rings. The van der Waals surface area contributed by atoms with Gasteiger partial charge in [0.25, 0.3) is 0 Å². The normalized spacial score (nSPS) is 14.0. The molecule has 0 bridgehead atoms. The zero-order valence-electron chi connectivity index (χ0n) is 15.7. The first-order valence-electron chi connectivity index (χ1n) is 9.81. The molecule has 140 valence electrons. The molecule has 0 fully saturated rings. The van der Waals surface area contributed by atoms with Crippen molar-refractivity contribution in [2.75, 3.05) is 13.1 Å². The molecule has 1 aromatic heterocycles. The number of fused-ring (bicyclic) bond motifs is 2. The molecule has 28 heavy (non-hydrogen) atoms. The van der Waals surface area contributed by atoms with Crippen molar-refractivity contribution < 1.29 is 0 Å². The highest BCUT2D eigenvalue weighted by Crippen LogP contribution is 2.31. The van der Waals surface area contributed by atoms with E-state index in [4.69, 9.17) is 16.7 Å². The van der Waals surface area contributed by atoms with Gasteiger partial charge in [-0.2, -0.15) is 5.10 Å². The molecule has 0 saturated heterocycles. The molecule has 1 N–H and O–H groups in total. The van der Waals surface area contributed by atoms with Crippen LogP contribution in [0.1, 0.15) is 16.8 Å². The number of hydrogen-bond acceptors (Lipinski definition) is 2. The molecule has 0 atom stereocenters. The Kier molecular flexibility index (Phi) is 4.63. The van der Waals surface area contributed by atoms with E-state index in [0.29, 0.717) is 0 Å². The molecule has 0 saturated carbocycles. The van der Waals surface area contributed by atoms with Crippen LogP contribution >= 0.6 is 11.6 Å². The lowest BCUT2D eigenvalue weighted by atomic mass is 10.0. The number of nitrogens with zero attached hydrogens (tertiary/aromatic N) is 2. The molecule has 0 spiro atoms. The van der Waals surface area contributed by atoms with Crippen molar-refractivity contribution in [2.45, 2.75) is 19.4 Å². The molecule has 1 aliphatic heterocycles. The van der Waals surface area contributed by atoms with E-state index in [1.807, 2.05) is 12.1 Å². The first kappa shape index (κ1) is 17.5. The number of nitrogens with one attached hydrogen (secondary N) is 1. The Morgan fingerprint density at radius 2 is 1.68 bits per heavy atom. The highest BCUT2D eigenvalue weighted by molar-refractivity contribution is 6.30. The first-order valence-corrected chi connectivity index (χ1v) is 10.2. The van der Waals surface area contributed by atoms with Gasteiger partial charge < -0.3 is 5.32 Å². The molecule has 5 rings (SSSR count). The highest BCUT2D eigenvalue weighted by Gasteiger charge is 2.21. The van der Waals surface area contributed by atoms with E-state index in [0.717, 1.165) is 37.5 Å². The van der Waals surface area contributed by atoms with Crippen LogP contribution in [-0.2, 0) is 19.4 Å². The maximum Gasteiger partial charge on any atom is 0.0721 e. The van der Waals surface area contributed by atoms with E-state index in [1.165, 1.54) is 38.9 Å². The fourth-order valence-electron chi connectivity index (χ4n) is 4.19. The average molecular weight is 388 g/mol. The second-order valence-electron chi connectivity index (χ2n) is 7.33. The monoisotopic (exact) mass is 387 g/mol. The molecule has 2 heterocycles. The smallest absolute Gasteiger partial charge is 0.0721 e. The summed E-state index contributed by atoms with van der Waals surface area (Å²) >= 11 is 6.15. The number of halogens is 1. The number of rotatable bonds is 3. The van der Waals surface area contributed by atoms with E-state index in [-0.39, 0.29) is 0 Å². The third-order valence-corrected chi connectivity index (χ3v) is 5.79. The number of hydrogen-bond donors (Lipinski definition) is 1. The summed E-state index contributed by atoms with van der Waals surface area (Å²) in [6, 6.07) is 23.2. The van der Waals surface area contributed by atoms with E-state index in [9.17, 15) is 0 Å². The quantitative estimate of drug-likeness (QED) is 0.530. The average Bonchev–Trinajstić information content (AvgIpc) is 2.90. The van der Waals surface area contributed by atoms with Crippen LogP contribution in [0.3, 0.4) is 0 Å². The summed E-state index contributed by atoms with van der Waals surface area (Å²) in [5.74, 6) is 0. The van der Waals surface area contributed by atoms with Crippen LogP contribution in [0.15, 0.2) is 66.7 Å². The fraction of sp³-hybridized carbons (Fsp3) is 0.208. The van der Waals surface area contributed by atoms with Gasteiger partial charge in [-0.1, -0.05) is 66.2 Å². The Labute approximate surface area is 170 Å². The van der Waals surface area contributed by atoms with Crippen LogP contribution in [0.25, 0.3) is 22.0 Å². The summed E-state index contributed by atoms with van der Waals surface area (Å²) in [6.45, 7) is 2.74. The fourth-order valence-corrected chi connectivity index (χ4v) is 4.32. The Hall–Kier alpha value is -2.62. The van der Waals surface area contributed by atoms with E-state index in [2.05, 4.69) is 64.6 Å². The highest BCUT2D eigenvalue weighted by atomic mass is 35.5. The summed E-state index contributed by atoms with van der Waals surface area (Å²) in [4.78, 5) is 0. The third kappa shape index (κ3) is 3.21. The van der Waals surface area contributed by atoms with Crippen molar-refractivity contribution in [3.05, 3.63) is 88.6 Å². The van der Waals surface area contributed by atoms with Crippen molar-refractivity contribution >= 4 is 22.4 Å². The predicted octanol–water partition coefficient (Wildman–Crippen LogP) is 5.09. The zero-order valence-corrected chi connectivity index (χ0v) is 16.4. The topological polar surface area (TPSA) is 29.9 Å². The molecule has 4 heteroatoms. The maximum atomic E-state index is 6.15. The van der Waals surface area contributed by atoms with Crippen LogP contribution in [-0.4, -0.2) is 22.9 Å². The number of aromatic nitrogens is 2. The summed E-state index contributed by atoms with van der Waals surface area (Å²) in [5.41, 5.74) is 6.29. The van der Waals surface area contributed by atoms with Crippen LogP contribution < -0.4 is 5.32 Å². The van der Waals surface area contributed by atoms with Crippen molar-refractivity contribution in [3.63, 3.8) is 0 Å². The van der Waals surface area contributed by atoms with Gasteiger partial charge in [-0.05, 0) is 41.4 Å². The molecule has 3 nitrogen and oxygen atoms in total. The first-order chi connectivity index (χ1) is 13.8. The van der Waals surface area contributed by atoms with Gasteiger partial charge in [0.2, 0.25) is 0 Å². The van der Waals surface area contributed by atoms with E-state index < -0.39 is 0 Å². The minimum absolute atomic E-state index is 0.761. The zero-order chi connectivity index (χ0) is 18.9. The SMILES string of the molecule is Clc1ccc(-c2c3c(nn2Cc2cccc4ccccc24)CCNCC3)cc1. The van der Waals surface area contributed by atoms with Gasteiger partial charge in [-0.25, -0.2) is 0 Å². The third-order valence-electron chi connectivity index (χ3n) is 5.54. The second kappa shape index (κ2) is 7.42. The molecular weight excluding hydrogens is 366 g/mol. The van der Waals surface area contributed by atoms with Gasteiger partial charge in [0.05, 0.1) is 17.9 Å². The second-order valence-corrected chi connectivity index (χ2v) is 7.76. The predicted molar refractivity (Wildman–Crippen MR) is 116 cm³/mol. The van der Waals surface area contributed by atoms with Crippen molar-refractivity contribution in [3.8, 4) is 11.3 Å². The van der Waals surface area contributed by atoms with Gasteiger partial charge in [-0.15, -0.1) is 0 Å². The molecule has 1 aliphatic rings. The van der Waals surface area contributed by atoms with Crippen molar-refractivity contribution in [1.29, 1.82) is 0 Å². The molecular formula is C24H22ClN3. The molecule has 3 aromatic carbocycles. The largest absolute Gasteiger partial charge is 0.316 e. The lowest BCUT2D eigenvalue weighted by molar-refractivity contribution is 0.656. The van der Waals surface area contributed by atoms with Crippen molar-refractivity contribution in [2.24, 2.45) is 0 Å². The Balaban J connectivity index is 1.65. The van der Waals surface area contributed by atoms with Crippen LogP contribution in [0, 0.1) is 0 Å². The van der Waals surface area contributed by atoms with Gasteiger partial charge in [0.1, 0.15) is 0 Å². The maximum absolute atomic E-state index is 6.15. The summed E-state index contributed by atoms with van der Waals surface area (Å²) in [5, 5.41) is 11.9.